The second kappa shape index (κ2) is 5.98. The Hall–Kier alpha value is -0.910. The minimum absolute atomic E-state index is 0.220. The van der Waals surface area contributed by atoms with Crippen molar-refractivity contribution in [2.45, 2.75) is 32.9 Å². The van der Waals surface area contributed by atoms with Crippen LogP contribution in [-0.2, 0) is 6.54 Å². The largest absolute Gasteiger partial charge is 0.299 e. The number of hydrazine groups is 1. The maximum absolute atomic E-state index is 11.3. The number of nitrogens with one attached hydrogen (secondary N) is 1. The Morgan fingerprint density at radius 3 is 2.88 bits per heavy atom. The first-order valence-electron chi connectivity index (χ1n) is 5.38. The predicted molar refractivity (Wildman–Crippen MR) is 67.2 cm³/mol. The van der Waals surface area contributed by atoms with Gasteiger partial charge < -0.3 is 0 Å². The fourth-order valence-corrected chi connectivity index (χ4v) is 2.34. The Bertz CT molecular complexity index is 351. The number of carbonyl (C=O) groups excluding carboxylic acids is 1. The SMILES string of the molecule is CCC(C)N(C)Cc1ccc(C(=O)NN)s1. The lowest BCUT2D eigenvalue weighted by Crippen LogP contribution is -2.29. The van der Waals surface area contributed by atoms with E-state index >= 15 is 0 Å². The van der Waals surface area contributed by atoms with Crippen molar-refractivity contribution in [3.05, 3.63) is 21.9 Å². The summed E-state index contributed by atoms with van der Waals surface area (Å²) in [5, 5.41) is 0. The number of rotatable bonds is 5. The van der Waals surface area contributed by atoms with Gasteiger partial charge in [-0.25, -0.2) is 5.84 Å². The quantitative estimate of drug-likeness (QED) is 0.467. The van der Waals surface area contributed by atoms with Crippen molar-refractivity contribution < 1.29 is 4.79 Å². The number of thiophene rings is 1. The van der Waals surface area contributed by atoms with Crippen molar-refractivity contribution in [2.75, 3.05) is 7.05 Å². The van der Waals surface area contributed by atoms with Gasteiger partial charge in [-0.1, -0.05) is 6.92 Å². The van der Waals surface area contributed by atoms with E-state index < -0.39 is 0 Å². The van der Waals surface area contributed by atoms with E-state index in [9.17, 15) is 4.79 Å². The Morgan fingerprint density at radius 1 is 1.62 bits per heavy atom. The van der Waals surface area contributed by atoms with Crippen molar-refractivity contribution >= 4 is 17.2 Å². The van der Waals surface area contributed by atoms with Crippen molar-refractivity contribution in [2.24, 2.45) is 5.84 Å². The van der Waals surface area contributed by atoms with Crippen LogP contribution in [-0.4, -0.2) is 23.9 Å². The minimum Gasteiger partial charge on any atom is -0.299 e. The maximum Gasteiger partial charge on any atom is 0.275 e. The molecule has 1 rings (SSSR count). The van der Waals surface area contributed by atoms with E-state index in [4.69, 9.17) is 5.84 Å². The highest BCUT2D eigenvalue weighted by Crippen LogP contribution is 2.18. The smallest absolute Gasteiger partial charge is 0.275 e. The molecule has 0 radical (unpaired) electrons. The molecule has 1 atom stereocenters. The molecule has 0 aliphatic carbocycles. The second-order valence-corrected chi connectivity index (χ2v) is 5.08. The lowest BCUT2D eigenvalue weighted by molar-refractivity contribution is 0.0957. The summed E-state index contributed by atoms with van der Waals surface area (Å²) in [6, 6.07) is 4.34. The number of amides is 1. The number of hydrogen-bond acceptors (Lipinski definition) is 4. The highest BCUT2D eigenvalue weighted by molar-refractivity contribution is 7.14. The molecule has 0 saturated heterocycles. The highest BCUT2D eigenvalue weighted by atomic mass is 32.1. The summed E-state index contributed by atoms with van der Waals surface area (Å²) in [5.41, 5.74) is 2.14. The zero-order valence-electron chi connectivity index (χ0n) is 9.99. The Kier molecular flexibility index (Phi) is 4.92. The summed E-state index contributed by atoms with van der Waals surface area (Å²) in [6.07, 6.45) is 1.12. The molecule has 0 aliphatic rings. The minimum atomic E-state index is -0.220. The maximum atomic E-state index is 11.3. The molecule has 3 N–H and O–H groups in total. The van der Waals surface area contributed by atoms with Gasteiger partial charge in [0.15, 0.2) is 0 Å². The van der Waals surface area contributed by atoms with Gasteiger partial charge in [0.1, 0.15) is 0 Å². The molecule has 1 amide bonds. The summed E-state index contributed by atoms with van der Waals surface area (Å²) >= 11 is 1.49. The Morgan fingerprint density at radius 2 is 2.31 bits per heavy atom. The zero-order chi connectivity index (χ0) is 12.1. The van der Waals surface area contributed by atoms with Gasteiger partial charge in [0, 0.05) is 17.5 Å². The molecule has 5 heteroatoms. The third kappa shape index (κ3) is 3.30. The van der Waals surface area contributed by atoms with E-state index in [0.717, 1.165) is 13.0 Å². The number of nitrogens with zero attached hydrogens (tertiary/aromatic N) is 1. The molecule has 0 spiro atoms. The molecule has 0 fully saturated rings. The van der Waals surface area contributed by atoms with Gasteiger partial charge in [0.2, 0.25) is 0 Å². The standard InChI is InChI=1S/C11H19N3OS/c1-4-8(2)14(3)7-9-5-6-10(16-9)11(15)13-12/h5-6,8H,4,7,12H2,1-3H3,(H,13,15). The molecule has 0 bridgehead atoms. The van der Waals surface area contributed by atoms with Gasteiger partial charge in [0.25, 0.3) is 5.91 Å². The van der Waals surface area contributed by atoms with Crippen LogP contribution in [0.4, 0.5) is 0 Å². The molecule has 0 aliphatic heterocycles. The number of nitrogens with two attached hydrogens (primary N) is 1. The number of carbonyl (C=O) groups is 1. The lowest BCUT2D eigenvalue weighted by Gasteiger charge is -2.22. The average Bonchev–Trinajstić information content (AvgIpc) is 2.75. The summed E-state index contributed by atoms with van der Waals surface area (Å²) < 4.78 is 0. The van der Waals surface area contributed by atoms with Gasteiger partial charge in [-0.15, -0.1) is 11.3 Å². The Balaban J connectivity index is 2.61. The van der Waals surface area contributed by atoms with Crippen molar-refractivity contribution in [1.29, 1.82) is 0 Å². The topological polar surface area (TPSA) is 58.4 Å². The monoisotopic (exact) mass is 241 g/mol. The van der Waals surface area contributed by atoms with Crippen LogP contribution in [0, 0.1) is 0 Å². The van der Waals surface area contributed by atoms with Crippen LogP contribution in [0.1, 0.15) is 34.8 Å². The summed E-state index contributed by atoms with van der Waals surface area (Å²) in [4.78, 5) is 15.4. The van der Waals surface area contributed by atoms with Crippen molar-refractivity contribution in [1.82, 2.24) is 10.3 Å². The molecule has 1 heterocycles. The van der Waals surface area contributed by atoms with Gasteiger partial charge in [-0.2, -0.15) is 0 Å². The summed E-state index contributed by atoms with van der Waals surface area (Å²) in [7, 11) is 2.09. The van der Waals surface area contributed by atoms with Gasteiger partial charge >= 0.3 is 0 Å². The summed E-state index contributed by atoms with van der Waals surface area (Å²) in [6.45, 7) is 5.24. The van der Waals surface area contributed by atoms with Crippen molar-refractivity contribution in [3.63, 3.8) is 0 Å². The number of nitrogen functional groups attached to an aromatic ring is 1. The Labute approximate surface area is 100 Å². The lowest BCUT2D eigenvalue weighted by atomic mass is 10.2. The fraction of sp³-hybridized carbons (Fsp3) is 0.545. The van der Waals surface area contributed by atoms with Gasteiger partial charge in [0.05, 0.1) is 4.88 Å². The number of hydrogen-bond donors (Lipinski definition) is 2. The van der Waals surface area contributed by atoms with E-state index in [1.165, 1.54) is 16.2 Å². The normalized spacial score (nSPS) is 12.8. The van der Waals surface area contributed by atoms with Crippen LogP contribution in [0.3, 0.4) is 0 Å². The van der Waals surface area contributed by atoms with E-state index in [-0.39, 0.29) is 5.91 Å². The first-order chi connectivity index (χ1) is 7.58. The van der Waals surface area contributed by atoms with E-state index in [2.05, 4.69) is 31.2 Å². The molecular formula is C11H19N3OS. The van der Waals surface area contributed by atoms with Crippen LogP contribution in [0.2, 0.25) is 0 Å². The molecular weight excluding hydrogens is 222 g/mol. The first kappa shape index (κ1) is 13.2. The molecule has 1 aromatic heterocycles. The molecule has 4 nitrogen and oxygen atoms in total. The third-order valence-electron chi connectivity index (χ3n) is 2.77. The molecule has 0 saturated carbocycles. The highest BCUT2D eigenvalue weighted by Gasteiger charge is 2.11. The molecule has 1 unspecified atom stereocenters. The van der Waals surface area contributed by atoms with Crippen LogP contribution in [0.5, 0.6) is 0 Å². The molecule has 90 valence electrons. The van der Waals surface area contributed by atoms with Crippen LogP contribution in [0.25, 0.3) is 0 Å². The van der Waals surface area contributed by atoms with Crippen molar-refractivity contribution in [3.8, 4) is 0 Å². The van der Waals surface area contributed by atoms with Gasteiger partial charge in [-0.3, -0.25) is 15.1 Å². The van der Waals surface area contributed by atoms with Gasteiger partial charge in [-0.05, 0) is 32.5 Å². The first-order valence-corrected chi connectivity index (χ1v) is 6.20. The average molecular weight is 241 g/mol. The van der Waals surface area contributed by atoms with Crippen LogP contribution in [0.15, 0.2) is 12.1 Å². The predicted octanol–water partition coefficient (Wildman–Crippen LogP) is 1.58. The van der Waals surface area contributed by atoms with Crippen LogP contribution < -0.4 is 11.3 Å². The van der Waals surface area contributed by atoms with E-state index in [0.29, 0.717) is 10.9 Å². The zero-order valence-corrected chi connectivity index (χ0v) is 10.8. The molecule has 16 heavy (non-hydrogen) atoms. The van der Waals surface area contributed by atoms with Crippen LogP contribution >= 0.6 is 11.3 Å². The van der Waals surface area contributed by atoms with E-state index in [1.807, 2.05) is 12.1 Å². The third-order valence-corrected chi connectivity index (χ3v) is 3.83. The molecule has 1 aromatic rings. The fourth-order valence-electron chi connectivity index (χ4n) is 1.37. The second-order valence-electron chi connectivity index (χ2n) is 3.91. The molecule has 0 aromatic carbocycles. The summed E-state index contributed by atoms with van der Waals surface area (Å²) in [5.74, 6) is 4.86. The van der Waals surface area contributed by atoms with E-state index in [1.54, 1.807) is 0 Å².